The second-order valence-electron chi connectivity index (χ2n) is 5.22. The highest BCUT2D eigenvalue weighted by Crippen LogP contribution is 2.19. The molecule has 1 aliphatic heterocycles. The van der Waals surface area contributed by atoms with E-state index < -0.39 is 12.4 Å². The van der Waals surface area contributed by atoms with Crippen LogP contribution in [0.25, 0.3) is 0 Å². The Morgan fingerprint density at radius 1 is 1.35 bits per heavy atom. The molecule has 2 nitrogen and oxygen atoms in total. The molecule has 1 aromatic carbocycles. The van der Waals surface area contributed by atoms with Gasteiger partial charge in [0.1, 0.15) is 5.75 Å². The van der Waals surface area contributed by atoms with Gasteiger partial charge >= 0.3 is 6.98 Å². The Kier molecular flexibility index (Phi) is 4.97. The summed E-state index contributed by atoms with van der Waals surface area (Å²) in [5.74, 6) is 0.499. The molecule has 20 heavy (non-hydrogen) atoms. The van der Waals surface area contributed by atoms with Gasteiger partial charge < -0.3 is 22.4 Å². The highest BCUT2D eigenvalue weighted by atomic mass is 19.4. The monoisotopic (exact) mass is 287 g/mol. The molecule has 0 radical (unpaired) electrons. The van der Waals surface area contributed by atoms with Crippen molar-refractivity contribution in [1.82, 2.24) is 0 Å². The summed E-state index contributed by atoms with van der Waals surface area (Å²) in [6.07, 6.45) is 4.35. The first-order chi connectivity index (χ1) is 9.47. The molecule has 1 saturated heterocycles. The predicted molar refractivity (Wildman–Crippen MR) is 73.6 cm³/mol. The molecule has 1 atom stereocenters. The lowest BCUT2D eigenvalue weighted by atomic mass is 9.77. The van der Waals surface area contributed by atoms with Crippen molar-refractivity contribution >= 4 is 12.4 Å². The molecular weight excluding hydrogens is 268 g/mol. The molecule has 112 valence electrons. The molecule has 2 rings (SSSR count). The third-order valence-corrected chi connectivity index (χ3v) is 3.56. The van der Waals surface area contributed by atoms with E-state index in [-0.39, 0.29) is 5.56 Å². The van der Waals surface area contributed by atoms with Crippen LogP contribution in [-0.2, 0) is 4.74 Å². The Labute approximate surface area is 117 Å². The van der Waals surface area contributed by atoms with Crippen LogP contribution in [-0.4, -0.2) is 26.3 Å². The molecule has 0 amide bonds. The van der Waals surface area contributed by atoms with Gasteiger partial charge in [-0.25, -0.2) is 0 Å². The molecule has 1 heterocycles. The molecule has 1 aliphatic rings. The zero-order valence-electron chi connectivity index (χ0n) is 11.6. The Bertz CT molecular complexity index is 443. The second-order valence-corrected chi connectivity index (χ2v) is 5.22. The van der Waals surface area contributed by atoms with Gasteiger partial charge in [-0.15, -0.1) is 5.46 Å². The van der Waals surface area contributed by atoms with Crippen LogP contribution in [0.3, 0.4) is 0 Å². The van der Waals surface area contributed by atoms with Gasteiger partial charge in [0.15, 0.2) is 0 Å². The minimum atomic E-state index is -4.94. The number of aryl methyl sites for hydroxylation is 1. The average molecular weight is 287 g/mol. The maximum atomic E-state index is 12.7. The van der Waals surface area contributed by atoms with Gasteiger partial charge in [0.05, 0.1) is 12.7 Å². The normalized spacial score (nSPS) is 19.3. The SMILES string of the molecule is Cc1cc(OCCCC2CCCO2)ccc1[B-](F)(F)F. The van der Waals surface area contributed by atoms with Gasteiger partial charge in [0, 0.05) is 6.61 Å². The number of hydrogen-bond acceptors (Lipinski definition) is 2. The molecule has 0 N–H and O–H groups in total. The quantitative estimate of drug-likeness (QED) is 0.590. The third-order valence-electron chi connectivity index (χ3n) is 3.56. The number of hydrogen-bond donors (Lipinski definition) is 0. The average Bonchev–Trinajstić information content (AvgIpc) is 2.86. The van der Waals surface area contributed by atoms with E-state index in [0.29, 0.717) is 18.5 Å². The van der Waals surface area contributed by atoms with Crippen LogP contribution >= 0.6 is 0 Å². The van der Waals surface area contributed by atoms with Gasteiger partial charge in [0.2, 0.25) is 0 Å². The van der Waals surface area contributed by atoms with E-state index in [4.69, 9.17) is 9.47 Å². The maximum absolute atomic E-state index is 12.7. The van der Waals surface area contributed by atoms with Crippen molar-refractivity contribution in [3.05, 3.63) is 23.8 Å². The summed E-state index contributed by atoms with van der Waals surface area (Å²) in [4.78, 5) is 0. The van der Waals surface area contributed by atoms with E-state index in [0.717, 1.165) is 38.4 Å². The van der Waals surface area contributed by atoms with Crippen LogP contribution in [0.4, 0.5) is 12.9 Å². The number of benzene rings is 1. The largest absolute Gasteiger partial charge is 0.509 e. The summed E-state index contributed by atoms with van der Waals surface area (Å²) in [5.41, 5.74) is -0.328. The third kappa shape index (κ3) is 4.17. The standard InChI is InChI=1S/C14H19BF3O2/c1-11-10-13(6-7-14(11)15(16,17)18)20-9-3-5-12-4-2-8-19-12/h6-7,10,12H,2-5,8-9H2,1H3/q-1. The lowest BCUT2D eigenvalue weighted by molar-refractivity contribution is 0.0981. The lowest BCUT2D eigenvalue weighted by Crippen LogP contribution is -2.35. The van der Waals surface area contributed by atoms with E-state index in [2.05, 4.69) is 0 Å². The molecule has 0 aromatic heterocycles. The van der Waals surface area contributed by atoms with Crippen molar-refractivity contribution in [2.75, 3.05) is 13.2 Å². The summed E-state index contributed by atoms with van der Waals surface area (Å²) in [6, 6.07) is 3.95. The molecule has 0 bridgehead atoms. The second kappa shape index (κ2) is 6.52. The van der Waals surface area contributed by atoms with Crippen LogP contribution in [0.15, 0.2) is 18.2 Å². The fraction of sp³-hybridized carbons (Fsp3) is 0.571. The molecule has 0 spiro atoms. The highest BCUT2D eigenvalue weighted by Gasteiger charge is 2.27. The van der Waals surface area contributed by atoms with Crippen molar-refractivity contribution in [3.8, 4) is 5.75 Å². The van der Waals surface area contributed by atoms with Crippen molar-refractivity contribution < 1.29 is 22.4 Å². The Morgan fingerprint density at radius 3 is 2.75 bits per heavy atom. The molecule has 0 saturated carbocycles. The van der Waals surface area contributed by atoms with Gasteiger partial charge in [-0.2, -0.15) is 0 Å². The van der Waals surface area contributed by atoms with Crippen LogP contribution in [0.1, 0.15) is 31.2 Å². The molecule has 1 unspecified atom stereocenters. The molecule has 1 aromatic rings. The summed E-state index contributed by atoms with van der Waals surface area (Å²) in [7, 11) is 0. The topological polar surface area (TPSA) is 18.5 Å². The van der Waals surface area contributed by atoms with E-state index in [9.17, 15) is 12.9 Å². The van der Waals surface area contributed by atoms with Gasteiger partial charge in [-0.3, -0.25) is 0 Å². The predicted octanol–water partition coefficient (Wildman–Crippen LogP) is 3.39. The fourth-order valence-corrected chi connectivity index (χ4v) is 2.48. The van der Waals surface area contributed by atoms with Crippen molar-refractivity contribution in [2.24, 2.45) is 0 Å². The van der Waals surface area contributed by atoms with E-state index in [1.54, 1.807) is 0 Å². The Balaban J connectivity index is 1.80. The summed E-state index contributed by atoms with van der Waals surface area (Å²) < 4.78 is 49.0. The fourth-order valence-electron chi connectivity index (χ4n) is 2.48. The zero-order valence-corrected chi connectivity index (χ0v) is 11.6. The van der Waals surface area contributed by atoms with E-state index in [1.807, 2.05) is 0 Å². The number of halogens is 3. The molecule has 1 fully saturated rings. The van der Waals surface area contributed by atoms with Crippen LogP contribution in [0, 0.1) is 6.92 Å². The van der Waals surface area contributed by atoms with E-state index >= 15 is 0 Å². The first-order valence-electron chi connectivity index (χ1n) is 7.02. The highest BCUT2D eigenvalue weighted by molar-refractivity contribution is 6.74. The molecule has 6 heteroatoms. The number of rotatable bonds is 6. The molecule has 0 aliphatic carbocycles. The van der Waals surface area contributed by atoms with Crippen LogP contribution in [0.2, 0.25) is 0 Å². The first-order valence-corrected chi connectivity index (χ1v) is 7.02. The van der Waals surface area contributed by atoms with Crippen LogP contribution in [0.5, 0.6) is 5.75 Å². The minimum Gasteiger partial charge on any atom is -0.494 e. The van der Waals surface area contributed by atoms with Gasteiger partial charge in [-0.1, -0.05) is 11.6 Å². The van der Waals surface area contributed by atoms with Crippen molar-refractivity contribution in [1.29, 1.82) is 0 Å². The molecular formula is C14H19BF3O2-. The summed E-state index contributed by atoms with van der Waals surface area (Å²) in [6.45, 7) is -2.13. The van der Waals surface area contributed by atoms with Crippen molar-refractivity contribution in [3.63, 3.8) is 0 Å². The van der Waals surface area contributed by atoms with Gasteiger partial charge in [-0.05, 0) is 44.7 Å². The van der Waals surface area contributed by atoms with E-state index in [1.165, 1.54) is 19.1 Å². The summed E-state index contributed by atoms with van der Waals surface area (Å²) in [5, 5.41) is 0. The zero-order chi connectivity index (χ0) is 14.6. The smallest absolute Gasteiger partial charge is 0.494 e. The van der Waals surface area contributed by atoms with Crippen LogP contribution < -0.4 is 10.2 Å². The van der Waals surface area contributed by atoms with Crippen molar-refractivity contribution in [2.45, 2.75) is 38.7 Å². The first kappa shape index (κ1) is 15.2. The maximum Gasteiger partial charge on any atom is 0.509 e. The summed E-state index contributed by atoms with van der Waals surface area (Å²) >= 11 is 0. The lowest BCUT2D eigenvalue weighted by Gasteiger charge is -2.18. The Morgan fingerprint density at radius 2 is 2.15 bits per heavy atom. The minimum absolute atomic E-state index is 0.217. The van der Waals surface area contributed by atoms with Gasteiger partial charge in [0.25, 0.3) is 0 Å². The Hall–Kier alpha value is -1.17. The number of ether oxygens (including phenoxy) is 2.